The minimum absolute atomic E-state index is 0.134. The van der Waals surface area contributed by atoms with E-state index in [4.69, 9.17) is 32.7 Å². The van der Waals surface area contributed by atoms with Crippen LogP contribution in [0.2, 0.25) is 10.0 Å². The van der Waals surface area contributed by atoms with Crippen LogP contribution in [0, 0.1) is 0 Å². The predicted octanol–water partition coefficient (Wildman–Crippen LogP) is 2.67. The molecular weight excluding hydrogens is 393 g/mol. The molecule has 0 fully saturated rings. The number of carbonyl (C=O) groups excluding carboxylic acids is 1. The number of nitrogens with one attached hydrogen (secondary N) is 1. The Morgan fingerprint density at radius 1 is 1.19 bits per heavy atom. The number of tetrazole rings is 1. The highest BCUT2D eigenvalue weighted by Gasteiger charge is 2.11. The highest BCUT2D eigenvalue weighted by atomic mass is 35.5. The van der Waals surface area contributed by atoms with Crippen LogP contribution < -0.4 is 14.8 Å². The van der Waals surface area contributed by atoms with Crippen LogP contribution in [-0.2, 0) is 11.3 Å². The van der Waals surface area contributed by atoms with Crippen molar-refractivity contribution in [2.75, 3.05) is 13.7 Å². The standard InChI is InChI=1S/C17H15Cl2N5O3/c1-26-13-5-3-12(4-6-13)24-16(21-22-23-24)9-20-17(25)10-27-15-7-2-11(18)8-14(15)19/h2-8H,9-10H2,1H3,(H,20,25). The molecule has 1 N–H and O–H groups in total. The number of methoxy groups -OCH3 is 1. The minimum Gasteiger partial charge on any atom is -0.497 e. The van der Waals surface area contributed by atoms with Crippen LogP contribution in [0.3, 0.4) is 0 Å². The molecule has 0 aliphatic heterocycles. The van der Waals surface area contributed by atoms with Gasteiger partial charge >= 0.3 is 0 Å². The Morgan fingerprint density at radius 3 is 2.67 bits per heavy atom. The second kappa shape index (κ2) is 8.70. The van der Waals surface area contributed by atoms with E-state index in [-0.39, 0.29) is 19.1 Å². The van der Waals surface area contributed by atoms with Gasteiger partial charge in [0.1, 0.15) is 11.5 Å². The Balaban J connectivity index is 1.57. The maximum absolute atomic E-state index is 12.0. The van der Waals surface area contributed by atoms with Gasteiger partial charge in [-0.25, -0.2) is 0 Å². The van der Waals surface area contributed by atoms with Crippen LogP contribution in [-0.4, -0.2) is 39.8 Å². The second-order valence-corrected chi connectivity index (χ2v) is 6.19. The second-order valence-electron chi connectivity index (χ2n) is 5.35. The van der Waals surface area contributed by atoms with Gasteiger partial charge in [-0.2, -0.15) is 4.68 Å². The molecule has 2 aromatic carbocycles. The van der Waals surface area contributed by atoms with Gasteiger partial charge in [-0.05, 0) is 52.9 Å². The monoisotopic (exact) mass is 407 g/mol. The fourth-order valence-electron chi connectivity index (χ4n) is 2.20. The smallest absolute Gasteiger partial charge is 0.258 e. The third-order valence-electron chi connectivity index (χ3n) is 3.55. The van der Waals surface area contributed by atoms with Crippen molar-refractivity contribution in [1.29, 1.82) is 0 Å². The lowest BCUT2D eigenvalue weighted by Gasteiger charge is -2.09. The number of aromatic nitrogens is 4. The molecule has 0 saturated carbocycles. The van der Waals surface area contributed by atoms with E-state index in [2.05, 4.69) is 20.8 Å². The van der Waals surface area contributed by atoms with E-state index in [1.165, 1.54) is 4.68 Å². The molecule has 8 nitrogen and oxygen atoms in total. The topological polar surface area (TPSA) is 91.2 Å². The van der Waals surface area contributed by atoms with Gasteiger partial charge in [0, 0.05) is 5.02 Å². The zero-order valence-electron chi connectivity index (χ0n) is 14.2. The molecular formula is C17H15Cl2N5O3. The summed E-state index contributed by atoms with van der Waals surface area (Å²) in [6.07, 6.45) is 0. The molecule has 10 heteroatoms. The number of amides is 1. The maximum Gasteiger partial charge on any atom is 0.258 e. The molecule has 0 aliphatic carbocycles. The lowest BCUT2D eigenvalue weighted by atomic mass is 10.3. The molecule has 0 unspecified atom stereocenters. The summed E-state index contributed by atoms with van der Waals surface area (Å²) in [6.45, 7) is -0.0684. The number of carbonyl (C=O) groups is 1. The molecule has 0 atom stereocenters. The van der Waals surface area contributed by atoms with Crippen molar-refractivity contribution >= 4 is 29.1 Å². The Bertz CT molecular complexity index is 931. The molecule has 1 amide bonds. The van der Waals surface area contributed by atoms with Crippen molar-refractivity contribution in [2.24, 2.45) is 0 Å². The molecule has 140 valence electrons. The summed E-state index contributed by atoms with van der Waals surface area (Å²) in [7, 11) is 1.59. The van der Waals surface area contributed by atoms with Gasteiger partial charge in [0.2, 0.25) is 0 Å². The predicted molar refractivity (Wildman–Crippen MR) is 99.5 cm³/mol. The Kier molecular flexibility index (Phi) is 6.10. The van der Waals surface area contributed by atoms with E-state index < -0.39 is 0 Å². The summed E-state index contributed by atoms with van der Waals surface area (Å²) in [4.78, 5) is 12.0. The fourth-order valence-corrected chi connectivity index (χ4v) is 2.67. The fraction of sp³-hybridized carbons (Fsp3) is 0.176. The zero-order chi connectivity index (χ0) is 19.2. The third-order valence-corrected chi connectivity index (χ3v) is 4.08. The van der Waals surface area contributed by atoms with Gasteiger partial charge in [-0.15, -0.1) is 5.10 Å². The van der Waals surface area contributed by atoms with Crippen molar-refractivity contribution in [1.82, 2.24) is 25.5 Å². The highest BCUT2D eigenvalue weighted by molar-refractivity contribution is 6.35. The van der Waals surface area contributed by atoms with E-state index in [9.17, 15) is 4.79 Å². The van der Waals surface area contributed by atoms with Crippen LogP contribution in [0.1, 0.15) is 5.82 Å². The van der Waals surface area contributed by atoms with E-state index in [0.29, 0.717) is 21.6 Å². The lowest BCUT2D eigenvalue weighted by molar-refractivity contribution is -0.123. The number of hydrogen-bond acceptors (Lipinski definition) is 6. The van der Waals surface area contributed by atoms with Crippen LogP contribution >= 0.6 is 23.2 Å². The maximum atomic E-state index is 12.0. The lowest BCUT2D eigenvalue weighted by Crippen LogP contribution is -2.29. The van der Waals surface area contributed by atoms with Gasteiger partial charge < -0.3 is 14.8 Å². The van der Waals surface area contributed by atoms with Gasteiger partial charge in [0.05, 0.1) is 24.4 Å². The number of ether oxygens (including phenoxy) is 2. The highest BCUT2D eigenvalue weighted by Crippen LogP contribution is 2.27. The molecule has 1 aromatic heterocycles. The van der Waals surface area contributed by atoms with Gasteiger partial charge in [-0.3, -0.25) is 4.79 Å². The first-order chi connectivity index (χ1) is 13.1. The minimum atomic E-state index is -0.342. The van der Waals surface area contributed by atoms with Gasteiger partial charge in [0.15, 0.2) is 12.4 Å². The van der Waals surface area contributed by atoms with Crippen molar-refractivity contribution in [2.45, 2.75) is 6.54 Å². The Morgan fingerprint density at radius 2 is 1.96 bits per heavy atom. The average molecular weight is 408 g/mol. The molecule has 1 heterocycles. The van der Waals surface area contributed by atoms with Crippen molar-refractivity contribution < 1.29 is 14.3 Å². The largest absolute Gasteiger partial charge is 0.497 e. The zero-order valence-corrected chi connectivity index (χ0v) is 15.7. The Hall–Kier alpha value is -2.84. The first kappa shape index (κ1) is 18.9. The number of halogens is 2. The van der Waals surface area contributed by atoms with Crippen molar-refractivity contribution in [3.8, 4) is 17.2 Å². The summed E-state index contributed by atoms with van der Waals surface area (Å²) < 4.78 is 12.0. The molecule has 3 aromatic rings. The molecule has 0 bridgehead atoms. The third kappa shape index (κ3) is 4.87. The number of benzene rings is 2. The summed E-state index contributed by atoms with van der Waals surface area (Å²) in [5.41, 5.74) is 0.745. The van der Waals surface area contributed by atoms with E-state index in [1.807, 2.05) is 12.1 Å². The van der Waals surface area contributed by atoms with Crippen molar-refractivity contribution in [3.63, 3.8) is 0 Å². The average Bonchev–Trinajstić information content (AvgIpc) is 3.14. The summed E-state index contributed by atoms with van der Waals surface area (Å²) in [5, 5.41) is 15.0. The van der Waals surface area contributed by atoms with Crippen LogP contribution in [0.15, 0.2) is 42.5 Å². The molecule has 0 radical (unpaired) electrons. The van der Waals surface area contributed by atoms with E-state index >= 15 is 0 Å². The first-order valence-electron chi connectivity index (χ1n) is 7.83. The van der Waals surface area contributed by atoms with E-state index in [0.717, 1.165) is 11.4 Å². The SMILES string of the molecule is COc1ccc(-n2nnnc2CNC(=O)COc2ccc(Cl)cc2Cl)cc1. The van der Waals surface area contributed by atoms with Gasteiger partial charge in [-0.1, -0.05) is 23.2 Å². The van der Waals surface area contributed by atoms with Gasteiger partial charge in [0.25, 0.3) is 5.91 Å². The Labute approximate surface area is 165 Å². The summed E-state index contributed by atoms with van der Waals surface area (Å²) >= 11 is 11.8. The normalized spacial score (nSPS) is 10.5. The molecule has 0 aliphatic rings. The first-order valence-corrected chi connectivity index (χ1v) is 8.58. The summed E-state index contributed by atoms with van der Waals surface area (Å²) in [6, 6.07) is 12.0. The van der Waals surface area contributed by atoms with Crippen LogP contribution in [0.5, 0.6) is 11.5 Å². The van der Waals surface area contributed by atoms with E-state index in [1.54, 1.807) is 37.4 Å². The molecule has 3 rings (SSSR count). The molecule has 0 spiro atoms. The molecule has 0 saturated heterocycles. The summed E-state index contributed by atoms with van der Waals surface area (Å²) in [5.74, 6) is 1.22. The van der Waals surface area contributed by atoms with Crippen LogP contribution in [0.4, 0.5) is 0 Å². The van der Waals surface area contributed by atoms with Crippen molar-refractivity contribution in [3.05, 3.63) is 58.3 Å². The quantitative estimate of drug-likeness (QED) is 0.647. The van der Waals surface area contributed by atoms with Crippen LogP contribution in [0.25, 0.3) is 5.69 Å². The number of nitrogens with zero attached hydrogens (tertiary/aromatic N) is 4. The number of rotatable bonds is 7. The number of hydrogen-bond donors (Lipinski definition) is 1. The molecule has 27 heavy (non-hydrogen) atoms.